The van der Waals surface area contributed by atoms with Gasteiger partial charge >= 0.3 is 6.36 Å². The van der Waals surface area contributed by atoms with Gasteiger partial charge in [0.2, 0.25) is 11.9 Å². The molecule has 1 saturated heterocycles. The van der Waals surface area contributed by atoms with Crippen LogP contribution in [0.2, 0.25) is 0 Å². The van der Waals surface area contributed by atoms with Gasteiger partial charge in [0.25, 0.3) is 0 Å². The van der Waals surface area contributed by atoms with Crippen LogP contribution in [0, 0.1) is 0 Å². The smallest absolute Gasteiger partial charge is 0.406 e. The van der Waals surface area contributed by atoms with Crippen molar-refractivity contribution < 1.29 is 22.7 Å². The van der Waals surface area contributed by atoms with E-state index in [9.17, 15) is 18.0 Å². The van der Waals surface area contributed by atoms with Crippen LogP contribution in [-0.4, -0.2) is 48.4 Å². The average Bonchev–Trinajstić information content (AvgIpc) is 2.78. The van der Waals surface area contributed by atoms with E-state index in [0.717, 1.165) is 42.6 Å². The molecule has 3 aromatic rings. The SMILES string of the molecule is O=C(CCc1ccc(OC(F)(F)F)cc1)Nc1ccc2nc(N3CCNCC3)ncc2c1. The lowest BCUT2D eigenvalue weighted by molar-refractivity contribution is -0.274. The maximum Gasteiger partial charge on any atom is 0.573 e. The molecule has 0 unspecified atom stereocenters. The van der Waals surface area contributed by atoms with Crippen LogP contribution >= 0.6 is 0 Å². The van der Waals surface area contributed by atoms with Crippen LogP contribution in [0.15, 0.2) is 48.7 Å². The Morgan fingerprint density at radius 1 is 1.12 bits per heavy atom. The zero-order valence-electron chi connectivity index (χ0n) is 17.2. The van der Waals surface area contributed by atoms with Gasteiger partial charge in [0.1, 0.15) is 5.75 Å². The topological polar surface area (TPSA) is 79.4 Å². The van der Waals surface area contributed by atoms with Crippen LogP contribution in [0.3, 0.4) is 0 Å². The number of alkyl halides is 3. The normalized spacial score (nSPS) is 14.4. The Labute approximate surface area is 182 Å². The maximum atomic E-state index is 12.3. The lowest BCUT2D eigenvalue weighted by atomic mass is 10.1. The van der Waals surface area contributed by atoms with Crippen molar-refractivity contribution in [1.29, 1.82) is 0 Å². The second-order valence-corrected chi connectivity index (χ2v) is 7.42. The molecule has 1 fully saturated rings. The number of carbonyl (C=O) groups excluding carboxylic acids is 1. The number of carbonyl (C=O) groups is 1. The highest BCUT2D eigenvalue weighted by Gasteiger charge is 2.30. The number of rotatable bonds is 6. The maximum absolute atomic E-state index is 12.3. The van der Waals surface area contributed by atoms with Crippen molar-refractivity contribution in [3.8, 4) is 5.75 Å². The molecule has 1 aliphatic rings. The molecule has 7 nitrogen and oxygen atoms in total. The van der Waals surface area contributed by atoms with Crippen molar-refractivity contribution in [2.45, 2.75) is 19.2 Å². The molecule has 1 aromatic heterocycles. The van der Waals surface area contributed by atoms with Crippen LogP contribution in [0.4, 0.5) is 24.8 Å². The first kappa shape index (κ1) is 21.8. The molecule has 0 bridgehead atoms. The Kier molecular flexibility index (Phi) is 6.40. The quantitative estimate of drug-likeness (QED) is 0.605. The molecule has 0 radical (unpaired) electrons. The number of anilines is 2. The minimum absolute atomic E-state index is 0.190. The zero-order valence-corrected chi connectivity index (χ0v) is 17.2. The summed E-state index contributed by atoms with van der Waals surface area (Å²) in [6.07, 6.45) is -2.39. The summed E-state index contributed by atoms with van der Waals surface area (Å²) in [5.41, 5.74) is 2.17. The van der Waals surface area contributed by atoms with Crippen molar-refractivity contribution in [1.82, 2.24) is 15.3 Å². The predicted octanol–water partition coefficient (Wildman–Crippen LogP) is 3.51. The van der Waals surface area contributed by atoms with Crippen LogP contribution in [0.1, 0.15) is 12.0 Å². The molecule has 0 spiro atoms. The Morgan fingerprint density at radius 2 is 1.88 bits per heavy atom. The van der Waals surface area contributed by atoms with Gasteiger partial charge < -0.3 is 20.3 Å². The number of fused-ring (bicyclic) bond motifs is 1. The molecule has 1 aliphatic heterocycles. The molecule has 168 valence electrons. The van der Waals surface area contributed by atoms with Gasteiger partial charge in [-0.25, -0.2) is 9.97 Å². The zero-order chi connectivity index (χ0) is 22.6. The number of nitrogens with zero attached hydrogens (tertiary/aromatic N) is 3. The molecule has 10 heteroatoms. The Balaban J connectivity index is 1.33. The molecule has 0 saturated carbocycles. The molecule has 0 atom stereocenters. The van der Waals surface area contributed by atoms with E-state index in [2.05, 4.69) is 30.2 Å². The Bertz CT molecular complexity index is 1080. The van der Waals surface area contributed by atoms with E-state index >= 15 is 0 Å². The summed E-state index contributed by atoms with van der Waals surface area (Å²) in [5, 5.41) is 6.95. The molecule has 32 heavy (non-hydrogen) atoms. The van der Waals surface area contributed by atoms with E-state index in [1.165, 1.54) is 24.3 Å². The first-order valence-electron chi connectivity index (χ1n) is 10.2. The first-order valence-corrected chi connectivity index (χ1v) is 10.2. The summed E-state index contributed by atoms with van der Waals surface area (Å²) in [4.78, 5) is 23.5. The van der Waals surface area contributed by atoms with Gasteiger partial charge in [-0.15, -0.1) is 13.2 Å². The van der Waals surface area contributed by atoms with Crippen LogP contribution < -0.4 is 20.3 Å². The van der Waals surface area contributed by atoms with E-state index in [-0.39, 0.29) is 18.1 Å². The van der Waals surface area contributed by atoms with E-state index in [1.807, 2.05) is 12.1 Å². The standard InChI is InChI=1S/C22H22F3N5O2/c23-22(24,25)32-18-5-1-15(2-6-18)3-8-20(31)28-17-4-7-19-16(13-17)14-27-21(29-19)30-11-9-26-10-12-30/h1-2,4-7,13-14,26H,3,8-12H2,(H,28,31). The van der Waals surface area contributed by atoms with Crippen molar-refractivity contribution in [3.63, 3.8) is 0 Å². The number of benzene rings is 2. The third-order valence-corrected chi connectivity index (χ3v) is 5.05. The first-order chi connectivity index (χ1) is 15.4. The van der Waals surface area contributed by atoms with Crippen molar-refractivity contribution in [3.05, 3.63) is 54.2 Å². The lowest BCUT2D eigenvalue weighted by Crippen LogP contribution is -2.44. The summed E-state index contributed by atoms with van der Waals surface area (Å²) in [7, 11) is 0. The minimum atomic E-state index is -4.72. The van der Waals surface area contributed by atoms with Gasteiger partial charge in [-0.3, -0.25) is 4.79 Å². The van der Waals surface area contributed by atoms with Gasteiger partial charge in [0, 0.05) is 49.9 Å². The molecule has 2 heterocycles. The van der Waals surface area contributed by atoms with Crippen LogP contribution in [0.5, 0.6) is 5.75 Å². The number of hydrogen-bond donors (Lipinski definition) is 2. The van der Waals surface area contributed by atoms with Crippen molar-refractivity contribution >= 4 is 28.4 Å². The summed E-state index contributed by atoms with van der Waals surface area (Å²) in [6, 6.07) is 10.9. The van der Waals surface area contributed by atoms with Crippen molar-refractivity contribution in [2.75, 3.05) is 36.4 Å². The monoisotopic (exact) mass is 445 g/mol. The van der Waals surface area contributed by atoms with Crippen LogP contribution in [0.25, 0.3) is 10.9 Å². The number of aryl methyl sites for hydroxylation is 1. The van der Waals surface area contributed by atoms with Crippen molar-refractivity contribution in [2.24, 2.45) is 0 Å². The fourth-order valence-corrected chi connectivity index (χ4v) is 3.46. The highest BCUT2D eigenvalue weighted by Crippen LogP contribution is 2.23. The minimum Gasteiger partial charge on any atom is -0.406 e. The van der Waals surface area contributed by atoms with E-state index < -0.39 is 6.36 Å². The summed E-state index contributed by atoms with van der Waals surface area (Å²) in [5.74, 6) is 0.213. The number of amides is 1. The number of hydrogen-bond acceptors (Lipinski definition) is 6. The third-order valence-electron chi connectivity index (χ3n) is 5.05. The number of nitrogens with one attached hydrogen (secondary N) is 2. The lowest BCUT2D eigenvalue weighted by Gasteiger charge is -2.27. The van der Waals surface area contributed by atoms with E-state index in [4.69, 9.17) is 0 Å². The molecular formula is C22H22F3N5O2. The fourth-order valence-electron chi connectivity index (χ4n) is 3.46. The highest BCUT2D eigenvalue weighted by atomic mass is 19.4. The fraction of sp³-hybridized carbons (Fsp3) is 0.318. The third kappa shape index (κ3) is 5.85. The van der Waals surface area contributed by atoms with E-state index in [0.29, 0.717) is 18.1 Å². The van der Waals surface area contributed by atoms with E-state index in [1.54, 1.807) is 12.3 Å². The number of aromatic nitrogens is 2. The average molecular weight is 445 g/mol. The van der Waals surface area contributed by atoms with Gasteiger partial charge in [-0.1, -0.05) is 12.1 Å². The summed E-state index contributed by atoms with van der Waals surface area (Å²) in [6.45, 7) is 3.52. The molecule has 4 rings (SSSR count). The molecule has 2 aromatic carbocycles. The van der Waals surface area contributed by atoms with Gasteiger partial charge in [-0.2, -0.15) is 0 Å². The Hall–Kier alpha value is -3.40. The summed E-state index contributed by atoms with van der Waals surface area (Å²) < 4.78 is 40.5. The largest absolute Gasteiger partial charge is 0.573 e. The second kappa shape index (κ2) is 9.39. The molecule has 1 amide bonds. The molecule has 2 N–H and O–H groups in total. The van der Waals surface area contributed by atoms with Gasteiger partial charge in [0.05, 0.1) is 5.52 Å². The Morgan fingerprint density at radius 3 is 2.59 bits per heavy atom. The molecular weight excluding hydrogens is 423 g/mol. The number of ether oxygens (including phenoxy) is 1. The number of piperazine rings is 1. The van der Waals surface area contributed by atoms with Gasteiger partial charge in [-0.05, 0) is 42.3 Å². The highest BCUT2D eigenvalue weighted by molar-refractivity contribution is 5.93. The second-order valence-electron chi connectivity index (χ2n) is 7.42. The summed E-state index contributed by atoms with van der Waals surface area (Å²) >= 11 is 0. The molecule has 0 aliphatic carbocycles. The van der Waals surface area contributed by atoms with Crippen LogP contribution in [-0.2, 0) is 11.2 Å². The number of halogens is 3. The van der Waals surface area contributed by atoms with Gasteiger partial charge in [0.15, 0.2) is 0 Å². The predicted molar refractivity (Wildman–Crippen MR) is 115 cm³/mol.